The van der Waals surface area contributed by atoms with Gasteiger partial charge in [-0.1, -0.05) is 50.2 Å². The monoisotopic (exact) mass is 475 g/mol. The van der Waals surface area contributed by atoms with E-state index in [1.54, 1.807) is 0 Å². The molecule has 2 atom stereocenters. The summed E-state index contributed by atoms with van der Waals surface area (Å²) in [4.78, 5) is 31.7. The van der Waals surface area contributed by atoms with Crippen LogP contribution in [0.2, 0.25) is 0 Å². The minimum atomic E-state index is -0.503. The normalized spacial score (nSPS) is 21.1. The summed E-state index contributed by atoms with van der Waals surface area (Å²) in [6.07, 6.45) is 1.15. The Balaban J connectivity index is 1.65. The third kappa shape index (κ3) is 5.47. The Labute approximate surface area is 207 Å². The van der Waals surface area contributed by atoms with E-state index in [4.69, 9.17) is 19.2 Å². The maximum Gasteiger partial charge on any atom is 0.336 e. The maximum absolute atomic E-state index is 13.5. The van der Waals surface area contributed by atoms with Crippen molar-refractivity contribution in [3.05, 3.63) is 71.4 Å². The van der Waals surface area contributed by atoms with E-state index < -0.39 is 17.8 Å². The summed E-state index contributed by atoms with van der Waals surface area (Å²) in [5.41, 5.74) is 2.49. The zero-order valence-corrected chi connectivity index (χ0v) is 20.9. The Morgan fingerprint density at radius 2 is 1.69 bits per heavy atom. The molecule has 0 radical (unpaired) electrons. The first-order valence-electron chi connectivity index (χ1n) is 12.2. The number of ketones is 1. The van der Waals surface area contributed by atoms with Gasteiger partial charge in [0.05, 0.1) is 18.1 Å². The number of carbonyl (C=O) groups is 2. The quantitative estimate of drug-likeness (QED) is 0.371. The molecule has 2 unspecified atom stereocenters. The number of fused-ring (bicyclic) bond motifs is 1. The summed E-state index contributed by atoms with van der Waals surface area (Å²) in [7, 11) is 0. The van der Waals surface area contributed by atoms with Crippen molar-refractivity contribution in [1.82, 2.24) is 0 Å². The molecule has 0 saturated heterocycles. The second-order valence-electron chi connectivity index (χ2n) is 9.81. The van der Waals surface area contributed by atoms with E-state index in [0.29, 0.717) is 42.2 Å². The van der Waals surface area contributed by atoms with Crippen LogP contribution in [0.5, 0.6) is 11.5 Å². The number of rotatable bonds is 8. The van der Waals surface area contributed by atoms with Gasteiger partial charge in [-0.25, -0.2) is 4.79 Å². The first-order chi connectivity index (χ1) is 16.8. The summed E-state index contributed by atoms with van der Waals surface area (Å²) in [6, 6.07) is 17.0. The van der Waals surface area contributed by atoms with Gasteiger partial charge in [0.25, 0.3) is 0 Å². The SMILES string of the molecule is CCOc1ccccc1C1C(C(=O)OCCOc2ccccc2)=C(C)N=C2CC(C)(C)CC(=O)C21. The van der Waals surface area contributed by atoms with Crippen LogP contribution >= 0.6 is 0 Å². The van der Waals surface area contributed by atoms with E-state index in [-0.39, 0.29) is 24.4 Å². The van der Waals surface area contributed by atoms with Crippen molar-refractivity contribution in [3.63, 3.8) is 0 Å². The second kappa shape index (κ2) is 10.5. The number of aliphatic imine (C=N–C) groups is 1. The van der Waals surface area contributed by atoms with Crippen LogP contribution < -0.4 is 9.47 Å². The number of benzene rings is 2. The van der Waals surface area contributed by atoms with E-state index in [1.807, 2.05) is 68.4 Å². The van der Waals surface area contributed by atoms with Crippen LogP contribution in [0.15, 0.2) is 70.9 Å². The molecule has 35 heavy (non-hydrogen) atoms. The number of esters is 1. The highest BCUT2D eigenvalue weighted by Crippen LogP contribution is 2.48. The van der Waals surface area contributed by atoms with Crippen LogP contribution in [-0.2, 0) is 14.3 Å². The number of hydrogen-bond acceptors (Lipinski definition) is 6. The highest BCUT2D eigenvalue weighted by Gasteiger charge is 2.48. The van der Waals surface area contributed by atoms with E-state index in [2.05, 4.69) is 13.8 Å². The lowest BCUT2D eigenvalue weighted by Crippen LogP contribution is -2.44. The van der Waals surface area contributed by atoms with Gasteiger partial charge in [-0.2, -0.15) is 0 Å². The summed E-state index contributed by atoms with van der Waals surface area (Å²) in [5.74, 6) is -0.000524. The summed E-state index contributed by atoms with van der Waals surface area (Å²) in [6.45, 7) is 8.71. The Morgan fingerprint density at radius 1 is 0.971 bits per heavy atom. The van der Waals surface area contributed by atoms with E-state index >= 15 is 0 Å². The molecule has 4 rings (SSSR count). The van der Waals surface area contributed by atoms with Gasteiger partial charge in [-0.15, -0.1) is 0 Å². The van der Waals surface area contributed by atoms with E-state index in [1.165, 1.54) is 0 Å². The van der Waals surface area contributed by atoms with Crippen molar-refractivity contribution in [3.8, 4) is 11.5 Å². The van der Waals surface area contributed by atoms with Crippen LogP contribution in [-0.4, -0.2) is 37.3 Å². The van der Waals surface area contributed by atoms with Gasteiger partial charge < -0.3 is 14.2 Å². The molecule has 6 nitrogen and oxygen atoms in total. The molecule has 1 heterocycles. The van der Waals surface area contributed by atoms with Crippen LogP contribution in [0.25, 0.3) is 0 Å². The molecule has 0 bridgehead atoms. The smallest absolute Gasteiger partial charge is 0.336 e. The predicted octanol–water partition coefficient (Wildman–Crippen LogP) is 5.53. The number of para-hydroxylation sites is 2. The van der Waals surface area contributed by atoms with E-state index in [0.717, 1.165) is 11.3 Å². The highest BCUT2D eigenvalue weighted by molar-refractivity contribution is 6.12. The van der Waals surface area contributed by atoms with Crippen molar-refractivity contribution in [1.29, 1.82) is 0 Å². The molecule has 2 aromatic rings. The van der Waals surface area contributed by atoms with Crippen LogP contribution in [0.3, 0.4) is 0 Å². The number of ether oxygens (including phenoxy) is 3. The molecule has 0 amide bonds. The Kier molecular flexibility index (Phi) is 7.39. The Hall–Kier alpha value is -3.41. The fourth-order valence-electron chi connectivity index (χ4n) is 5.11. The minimum absolute atomic E-state index is 0.0898. The number of allylic oxidation sites excluding steroid dienone is 1. The number of Topliss-reactive ketones (excluding diaryl/α,β-unsaturated/α-hetero) is 1. The lowest BCUT2D eigenvalue weighted by atomic mass is 9.63. The minimum Gasteiger partial charge on any atom is -0.494 e. The predicted molar refractivity (Wildman–Crippen MR) is 135 cm³/mol. The number of nitrogens with zero attached hydrogens (tertiary/aromatic N) is 1. The molecule has 1 aliphatic heterocycles. The van der Waals surface area contributed by atoms with Crippen molar-refractivity contribution in [2.24, 2.45) is 16.3 Å². The summed E-state index contributed by atoms with van der Waals surface area (Å²) in [5, 5.41) is 0. The lowest BCUT2D eigenvalue weighted by molar-refractivity contribution is -0.140. The molecule has 6 heteroatoms. The zero-order chi connectivity index (χ0) is 25.0. The second-order valence-corrected chi connectivity index (χ2v) is 9.81. The number of hydrogen-bond donors (Lipinski definition) is 0. The lowest BCUT2D eigenvalue weighted by Gasteiger charge is -2.41. The van der Waals surface area contributed by atoms with Crippen molar-refractivity contribution in [2.75, 3.05) is 19.8 Å². The third-order valence-corrected chi connectivity index (χ3v) is 6.47. The van der Waals surface area contributed by atoms with Crippen LogP contribution in [0.4, 0.5) is 0 Å². The molecule has 1 aliphatic carbocycles. The highest BCUT2D eigenvalue weighted by atomic mass is 16.6. The van der Waals surface area contributed by atoms with Gasteiger partial charge in [0.2, 0.25) is 0 Å². The van der Waals surface area contributed by atoms with Crippen molar-refractivity contribution >= 4 is 17.5 Å². The molecular weight excluding hydrogens is 442 g/mol. The average molecular weight is 476 g/mol. The fraction of sp³-hybridized carbons (Fsp3) is 0.414. The van der Waals surface area contributed by atoms with E-state index in [9.17, 15) is 9.59 Å². The zero-order valence-electron chi connectivity index (χ0n) is 20.9. The summed E-state index contributed by atoms with van der Waals surface area (Å²) < 4.78 is 17.2. The van der Waals surface area contributed by atoms with Gasteiger partial charge in [-0.05, 0) is 43.9 Å². The molecule has 0 aromatic heterocycles. The molecule has 0 spiro atoms. The Bertz CT molecular complexity index is 1150. The van der Waals surface area contributed by atoms with Gasteiger partial charge >= 0.3 is 5.97 Å². The van der Waals surface area contributed by atoms with Crippen LogP contribution in [0.1, 0.15) is 52.0 Å². The first-order valence-corrected chi connectivity index (χ1v) is 12.2. The van der Waals surface area contributed by atoms with Gasteiger partial charge in [0.15, 0.2) is 0 Å². The Morgan fingerprint density at radius 3 is 2.43 bits per heavy atom. The maximum atomic E-state index is 13.5. The van der Waals surface area contributed by atoms with Gasteiger partial charge in [0, 0.05) is 29.3 Å². The molecule has 0 N–H and O–H groups in total. The topological polar surface area (TPSA) is 74.2 Å². The average Bonchev–Trinajstić information content (AvgIpc) is 2.81. The molecule has 184 valence electrons. The third-order valence-electron chi connectivity index (χ3n) is 6.47. The first kappa shape index (κ1) is 24.7. The molecule has 1 fully saturated rings. The van der Waals surface area contributed by atoms with Gasteiger partial charge in [0.1, 0.15) is 30.5 Å². The molecule has 2 aliphatic rings. The molecule has 1 saturated carbocycles. The largest absolute Gasteiger partial charge is 0.494 e. The fourth-order valence-corrected chi connectivity index (χ4v) is 5.11. The standard InChI is InChI=1S/C29H33NO5/c1-5-33-24-14-10-9-13-21(24)26-25(28(32)35-16-15-34-20-11-7-6-8-12-20)19(2)30-22-17-29(3,4)18-23(31)27(22)26/h6-14,26-27H,5,15-18H2,1-4H3. The van der Waals surface area contributed by atoms with Crippen molar-refractivity contribution in [2.45, 2.75) is 46.5 Å². The van der Waals surface area contributed by atoms with Crippen molar-refractivity contribution < 1.29 is 23.8 Å². The number of carbonyl (C=O) groups excluding carboxylic acids is 2. The molecular formula is C29H33NO5. The molecule has 2 aromatic carbocycles. The van der Waals surface area contributed by atoms with Crippen LogP contribution in [0, 0.1) is 11.3 Å². The van der Waals surface area contributed by atoms with Gasteiger partial charge in [-0.3, -0.25) is 9.79 Å². The summed E-state index contributed by atoms with van der Waals surface area (Å²) >= 11 is 0.